The summed E-state index contributed by atoms with van der Waals surface area (Å²) in [5.74, 6) is 0. The number of rotatable bonds is 3. The second kappa shape index (κ2) is 4.31. The highest BCUT2D eigenvalue weighted by Gasteiger charge is 2.05. The molecule has 0 spiro atoms. The number of anilines is 1. The Bertz CT molecular complexity index is 520. The number of carbonyl (C=O) groups is 1. The highest BCUT2D eigenvalue weighted by atomic mass is 16.1. The largest absolute Gasteiger partial charge is 0.381 e. The van der Waals surface area contributed by atoms with E-state index in [2.05, 4.69) is 24.1 Å². The monoisotopic (exact) mass is 214 g/mol. The molecule has 0 amide bonds. The number of carbonyl (C=O) groups excluding carboxylic acids is 1. The molecule has 0 aliphatic carbocycles. The lowest BCUT2D eigenvalue weighted by Gasteiger charge is -2.12. The molecule has 1 N–H and O–H groups in total. The van der Waals surface area contributed by atoms with Gasteiger partial charge in [-0.1, -0.05) is 12.1 Å². The molecule has 0 unspecified atom stereocenters. The number of aldehydes is 1. The van der Waals surface area contributed by atoms with E-state index in [9.17, 15) is 4.79 Å². The van der Waals surface area contributed by atoms with Crippen LogP contribution < -0.4 is 5.32 Å². The predicted octanol–water partition coefficient (Wildman–Crippen LogP) is 2.87. The molecule has 0 bridgehead atoms. The van der Waals surface area contributed by atoms with E-state index in [0.29, 0.717) is 11.6 Å². The average molecular weight is 214 g/mol. The molecule has 1 aromatic carbocycles. The lowest BCUT2D eigenvalue weighted by Crippen LogP contribution is -2.10. The standard InChI is InChI=1S/C13H14N2O/c1-9(2)15-12-5-3-4-11-10(8-16)6-7-14-13(11)12/h3-9,15H,1-2H3. The van der Waals surface area contributed by atoms with Crippen molar-refractivity contribution in [1.29, 1.82) is 0 Å². The van der Waals surface area contributed by atoms with Crippen LogP contribution >= 0.6 is 0 Å². The van der Waals surface area contributed by atoms with Gasteiger partial charge >= 0.3 is 0 Å². The Morgan fingerprint density at radius 1 is 1.31 bits per heavy atom. The topological polar surface area (TPSA) is 42.0 Å². The molecule has 0 saturated carbocycles. The fraction of sp³-hybridized carbons (Fsp3) is 0.231. The maximum absolute atomic E-state index is 10.9. The maximum atomic E-state index is 10.9. The highest BCUT2D eigenvalue weighted by Crippen LogP contribution is 2.23. The molecule has 1 aromatic heterocycles. The molecule has 2 rings (SSSR count). The summed E-state index contributed by atoms with van der Waals surface area (Å²) in [5, 5.41) is 4.21. The summed E-state index contributed by atoms with van der Waals surface area (Å²) in [4.78, 5) is 15.2. The van der Waals surface area contributed by atoms with Crippen LogP contribution in [0.15, 0.2) is 30.5 Å². The van der Waals surface area contributed by atoms with Crippen molar-refractivity contribution in [1.82, 2.24) is 4.98 Å². The number of aromatic nitrogens is 1. The molecule has 16 heavy (non-hydrogen) atoms. The number of hydrogen-bond acceptors (Lipinski definition) is 3. The number of fused-ring (bicyclic) bond motifs is 1. The van der Waals surface area contributed by atoms with Gasteiger partial charge in [0.2, 0.25) is 0 Å². The molecule has 0 saturated heterocycles. The third-order valence-electron chi connectivity index (χ3n) is 2.38. The van der Waals surface area contributed by atoms with Gasteiger partial charge in [-0.2, -0.15) is 0 Å². The molecule has 2 aromatic rings. The summed E-state index contributed by atoms with van der Waals surface area (Å²) in [6.45, 7) is 4.14. The van der Waals surface area contributed by atoms with E-state index in [4.69, 9.17) is 0 Å². The number of pyridine rings is 1. The smallest absolute Gasteiger partial charge is 0.150 e. The van der Waals surface area contributed by atoms with Crippen LogP contribution in [-0.2, 0) is 0 Å². The van der Waals surface area contributed by atoms with Crippen molar-refractivity contribution < 1.29 is 4.79 Å². The minimum atomic E-state index is 0.340. The van der Waals surface area contributed by atoms with E-state index in [0.717, 1.165) is 22.9 Å². The van der Waals surface area contributed by atoms with Crippen LogP contribution in [0.5, 0.6) is 0 Å². The zero-order valence-corrected chi connectivity index (χ0v) is 9.40. The first-order valence-electron chi connectivity index (χ1n) is 5.32. The quantitative estimate of drug-likeness (QED) is 0.799. The fourth-order valence-corrected chi connectivity index (χ4v) is 1.73. The number of hydrogen-bond donors (Lipinski definition) is 1. The van der Waals surface area contributed by atoms with Crippen LogP contribution in [0.2, 0.25) is 0 Å². The third-order valence-corrected chi connectivity index (χ3v) is 2.38. The van der Waals surface area contributed by atoms with Crippen molar-refractivity contribution >= 4 is 22.9 Å². The van der Waals surface area contributed by atoms with Crippen molar-refractivity contribution in [3.63, 3.8) is 0 Å². The summed E-state index contributed by atoms with van der Waals surface area (Å²) in [5.41, 5.74) is 2.49. The average Bonchev–Trinajstić information content (AvgIpc) is 2.28. The summed E-state index contributed by atoms with van der Waals surface area (Å²) in [7, 11) is 0. The van der Waals surface area contributed by atoms with E-state index < -0.39 is 0 Å². The number of benzene rings is 1. The minimum absolute atomic E-state index is 0.340. The Labute approximate surface area is 94.5 Å². The first-order chi connectivity index (χ1) is 7.72. The molecule has 0 aliphatic rings. The number of nitrogens with one attached hydrogen (secondary N) is 1. The van der Waals surface area contributed by atoms with Crippen LogP contribution in [0, 0.1) is 0 Å². The van der Waals surface area contributed by atoms with Gasteiger partial charge in [-0.15, -0.1) is 0 Å². The second-order valence-electron chi connectivity index (χ2n) is 4.02. The Kier molecular flexibility index (Phi) is 2.86. The molecule has 82 valence electrons. The van der Waals surface area contributed by atoms with Crippen LogP contribution in [0.3, 0.4) is 0 Å². The van der Waals surface area contributed by atoms with Gasteiger partial charge in [-0.3, -0.25) is 9.78 Å². The van der Waals surface area contributed by atoms with Gasteiger partial charge in [-0.05, 0) is 26.0 Å². The van der Waals surface area contributed by atoms with Gasteiger partial charge in [0.25, 0.3) is 0 Å². The van der Waals surface area contributed by atoms with Crippen LogP contribution in [0.1, 0.15) is 24.2 Å². The minimum Gasteiger partial charge on any atom is -0.381 e. The second-order valence-corrected chi connectivity index (χ2v) is 4.02. The van der Waals surface area contributed by atoms with Gasteiger partial charge in [0, 0.05) is 23.2 Å². The zero-order chi connectivity index (χ0) is 11.5. The summed E-state index contributed by atoms with van der Waals surface area (Å²) < 4.78 is 0. The van der Waals surface area contributed by atoms with Crippen molar-refractivity contribution in [3.8, 4) is 0 Å². The first-order valence-corrected chi connectivity index (χ1v) is 5.32. The molecular formula is C13H14N2O. The lowest BCUT2D eigenvalue weighted by molar-refractivity contribution is 0.112. The normalized spacial score (nSPS) is 10.7. The Morgan fingerprint density at radius 2 is 2.12 bits per heavy atom. The van der Waals surface area contributed by atoms with Crippen molar-refractivity contribution in [2.45, 2.75) is 19.9 Å². The fourth-order valence-electron chi connectivity index (χ4n) is 1.73. The van der Waals surface area contributed by atoms with Crippen molar-refractivity contribution in [2.75, 3.05) is 5.32 Å². The van der Waals surface area contributed by atoms with E-state index in [1.165, 1.54) is 0 Å². The number of para-hydroxylation sites is 1. The predicted molar refractivity (Wildman–Crippen MR) is 65.9 cm³/mol. The summed E-state index contributed by atoms with van der Waals surface area (Å²) in [6.07, 6.45) is 2.53. The lowest BCUT2D eigenvalue weighted by atomic mass is 10.1. The van der Waals surface area contributed by atoms with Gasteiger partial charge in [0.1, 0.15) is 0 Å². The van der Waals surface area contributed by atoms with Crippen LogP contribution in [-0.4, -0.2) is 17.3 Å². The SMILES string of the molecule is CC(C)Nc1cccc2c(C=O)ccnc12. The molecule has 3 heteroatoms. The van der Waals surface area contributed by atoms with E-state index in [-0.39, 0.29) is 0 Å². The highest BCUT2D eigenvalue weighted by molar-refractivity contribution is 6.01. The van der Waals surface area contributed by atoms with Crippen molar-refractivity contribution in [2.24, 2.45) is 0 Å². The van der Waals surface area contributed by atoms with Crippen molar-refractivity contribution in [3.05, 3.63) is 36.0 Å². The van der Waals surface area contributed by atoms with E-state index in [1.54, 1.807) is 12.3 Å². The van der Waals surface area contributed by atoms with Gasteiger partial charge in [0.05, 0.1) is 11.2 Å². The third kappa shape index (κ3) is 1.89. The van der Waals surface area contributed by atoms with Gasteiger partial charge < -0.3 is 5.32 Å². The molecule has 1 heterocycles. The molecule has 0 fully saturated rings. The maximum Gasteiger partial charge on any atom is 0.150 e. The molecule has 0 radical (unpaired) electrons. The Balaban J connectivity index is 2.64. The zero-order valence-electron chi connectivity index (χ0n) is 9.40. The van der Waals surface area contributed by atoms with E-state index >= 15 is 0 Å². The number of nitrogens with zero attached hydrogens (tertiary/aromatic N) is 1. The molecule has 3 nitrogen and oxygen atoms in total. The van der Waals surface area contributed by atoms with E-state index in [1.807, 2.05) is 18.2 Å². The van der Waals surface area contributed by atoms with Crippen LogP contribution in [0.4, 0.5) is 5.69 Å². The molecule has 0 atom stereocenters. The Morgan fingerprint density at radius 3 is 2.81 bits per heavy atom. The van der Waals surface area contributed by atoms with Gasteiger partial charge in [-0.25, -0.2) is 0 Å². The molecule has 0 aliphatic heterocycles. The molecular weight excluding hydrogens is 200 g/mol. The summed E-state index contributed by atoms with van der Waals surface area (Å²) >= 11 is 0. The first kappa shape index (κ1) is 10.6. The summed E-state index contributed by atoms with van der Waals surface area (Å²) in [6, 6.07) is 7.89. The van der Waals surface area contributed by atoms with Gasteiger partial charge in [0.15, 0.2) is 6.29 Å². The Hall–Kier alpha value is -1.90. The van der Waals surface area contributed by atoms with Crippen LogP contribution in [0.25, 0.3) is 10.9 Å².